The molecule has 1 aliphatic heterocycles. The van der Waals surface area contributed by atoms with Gasteiger partial charge in [0.25, 0.3) is 0 Å². The molecule has 2 atom stereocenters. The third kappa shape index (κ3) is 7.18. The molecule has 1 saturated heterocycles. The van der Waals surface area contributed by atoms with Crippen LogP contribution in [0.4, 0.5) is 0 Å². The number of unbranched alkanes of at least 4 members (excludes halogenated alkanes) is 4. The lowest BCUT2D eigenvalue weighted by Crippen LogP contribution is -2.31. The largest absolute Gasteiger partial charge is 0.373 e. The highest BCUT2D eigenvalue weighted by atomic mass is 16.6. The second-order valence-corrected chi connectivity index (χ2v) is 10.7. The van der Waals surface area contributed by atoms with Crippen molar-refractivity contribution in [2.75, 3.05) is 13.2 Å². The highest BCUT2D eigenvalue weighted by Crippen LogP contribution is 2.38. The molecule has 0 aromatic heterocycles. The molecule has 0 spiro atoms. The van der Waals surface area contributed by atoms with Gasteiger partial charge in [0.2, 0.25) is 0 Å². The molecule has 2 aromatic carbocycles. The Morgan fingerprint density at radius 2 is 1.26 bits per heavy atom. The normalized spacial score (nSPS) is 25.4. The summed E-state index contributed by atoms with van der Waals surface area (Å²) < 4.78 is 12.3. The Morgan fingerprint density at radius 3 is 1.85 bits per heavy atom. The first-order chi connectivity index (χ1) is 16.8. The fourth-order valence-corrected chi connectivity index (χ4v) is 5.91. The van der Waals surface area contributed by atoms with Gasteiger partial charge in [0.1, 0.15) is 6.10 Å². The van der Waals surface area contributed by atoms with E-state index in [0.29, 0.717) is 6.61 Å². The third-order valence-corrected chi connectivity index (χ3v) is 8.14. The average molecular weight is 463 g/mol. The van der Waals surface area contributed by atoms with Gasteiger partial charge in [-0.1, -0.05) is 107 Å². The molecule has 1 aliphatic carbocycles. The lowest BCUT2D eigenvalue weighted by molar-refractivity contribution is -0.137. The van der Waals surface area contributed by atoms with Gasteiger partial charge < -0.3 is 9.47 Å². The topological polar surface area (TPSA) is 18.5 Å². The Labute approximate surface area is 208 Å². The van der Waals surface area contributed by atoms with Gasteiger partial charge in [-0.25, -0.2) is 0 Å². The van der Waals surface area contributed by atoms with Crippen LogP contribution in [0.25, 0.3) is 11.1 Å². The Bertz CT molecular complexity index is 809. The van der Waals surface area contributed by atoms with Crippen LogP contribution < -0.4 is 0 Å². The van der Waals surface area contributed by atoms with E-state index < -0.39 is 0 Å². The predicted octanol–water partition coefficient (Wildman–Crippen LogP) is 9.24. The van der Waals surface area contributed by atoms with E-state index in [9.17, 15) is 0 Å². The van der Waals surface area contributed by atoms with E-state index in [1.54, 1.807) is 0 Å². The lowest BCUT2D eigenvalue weighted by Gasteiger charge is -2.30. The quantitative estimate of drug-likeness (QED) is 0.310. The lowest BCUT2D eigenvalue weighted by atomic mass is 9.77. The van der Waals surface area contributed by atoms with Crippen LogP contribution >= 0.6 is 0 Å². The molecule has 0 radical (unpaired) electrons. The molecule has 2 aliphatic rings. The minimum absolute atomic E-state index is 0.0654. The summed E-state index contributed by atoms with van der Waals surface area (Å²) in [5, 5.41) is 0. The minimum Gasteiger partial charge on any atom is -0.373 e. The van der Waals surface area contributed by atoms with Crippen molar-refractivity contribution in [2.45, 2.75) is 109 Å². The minimum atomic E-state index is 0.0654. The first-order valence-electron chi connectivity index (χ1n) is 14.2. The Morgan fingerprint density at radius 1 is 0.618 bits per heavy atom. The maximum absolute atomic E-state index is 6.18. The Kier molecular flexibility index (Phi) is 10.1. The van der Waals surface area contributed by atoms with Crippen LogP contribution in [0.1, 0.15) is 114 Å². The molecule has 0 bridgehead atoms. The zero-order valence-electron chi connectivity index (χ0n) is 21.6. The summed E-state index contributed by atoms with van der Waals surface area (Å²) in [6.45, 7) is 5.98. The van der Waals surface area contributed by atoms with Crippen LogP contribution in [-0.2, 0) is 9.47 Å². The Balaban J connectivity index is 1.24. The summed E-state index contributed by atoms with van der Waals surface area (Å²) in [7, 11) is 0. The molecule has 186 valence electrons. The summed E-state index contributed by atoms with van der Waals surface area (Å²) in [5.41, 5.74) is 5.34. The van der Waals surface area contributed by atoms with Crippen molar-refractivity contribution in [1.29, 1.82) is 0 Å². The standard InChI is InChI=1S/C32H46O2/c1-3-5-6-7-8-10-31-23-34-32(24-33-31)30-21-19-29(20-22-30)28-17-15-27(16-18-28)26-13-11-25(9-4-2)12-14-26/h15-22,25-26,31-32H,3-14,23-24H2,1-2H3/t25?,26?,31-,32-/m0/s1. The van der Waals surface area contributed by atoms with E-state index in [4.69, 9.17) is 9.47 Å². The van der Waals surface area contributed by atoms with Crippen LogP contribution in [0.2, 0.25) is 0 Å². The molecule has 2 fully saturated rings. The van der Waals surface area contributed by atoms with Crippen molar-refractivity contribution < 1.29 is 9.47 Å². The molecule has 34 heavy (non-hydrogen) atoms. The van der Waals surface area contributed by atoms with E-state index in [-0.39, 0.29) is 12.2 Å². The number of hydrogen-bond donors (Lipinski definition) is 0. The van der Waals surface area contributed by atoms with Crippen LogP contribution in [0, 0.1) is 5.92 Å². The maximum Gasteiger partial charge on any atom is 0.106 e. The smallest absolute Gasteiger partial charge is 0.106 e. The average Bonchev–Trinajstić information content (AvgIpc) is 2.90. The molecule has 4 rings (SSSR count). The second-order valence-electron chi connectivity index (χ2n) is 10.7. The first kappa shape index (κ1) is 25.5. The third-order valence-electron chi connectivity index (χ3n) is 8.14. The molecule has 1 saturated carbocycles. The molecule has 0 unspecified atom stereocenters. The highest BCUT2D eigenvalue weighted by molar-refractivity contribution is 5.64. The van der Waals surface area contributed by atoms with Gasteiger partial charge in [0.15, 0.2) is 0 Å². The second kappa shape index (κ2) is 13.4. The van der Waals surface area contributed by atoms with Crippen LogP contribution in [-0.4, -0.2) is 19.3 Å². The summed E-state index contributed by atoms with van der Waals surface area (Å²) in [6, 6.07) is 18.3. The molecule has 0 amide bonds. The van der Waals surface area contributed by atoms with Gasteiger partial charge in [0.05, 0.1) is 19.3 Å². The van der Waals surface area contributed by atoms with Gasteiger partial charge in [0, 0.05) is 0 Å². The van der Waals surface area contributed by atoms with Crippen molar-refractivity contribution in [1.82, 2.24) is 0 Å². The summed E-state index contributed by atoms with van der Waals surface area (Å²) in [4.78, 5) is 0. The molecular weight excluding hydrogens is 416 g/mol. The number of hydrogen-bond acceptors (Lipinski definition) is 2. The predicted molar refractivity (Wildman–Crippen MR) is 143 cm³/mol. The van der Waals surface area contributed by atoms with Gasteiger partial charge in [-0.05, 0) is 66.2 Å². The van der Waals surface area contributed by atoms with Crippen molar-refractivity contribution >= 4 is 0 Å². The summed E-state index contributed by atoms with van der Waals surface area (Å²) in [5.74, 6) is 1.73. The summed E-state index contributed by atoms with van der Waals surface area (Å²) >= 11 is 0. The van der Waals surface area contributed by atoms with Gasteiger partial charge in [-0.3, -0.25) is 0 Å². The van der Waals surface area contributed by atoms with E-state index >= 15 is 0 Å². The maximum atomic E-state index is 6.18. The molecule has 1 heterocycles. The SMILES string of the molecule is CCCCCCC[C@H]1CO[C@H](c2ccc(-c3ccc(C4CCC(CCC)CC4)cc3)cc2)CO1. The monoisotopic (exact) mass is 462 g/mol. The van der Waals surface area contributed by atoms with Crippen LogP contribution in [0.3, 0.4) is 0 Å². The fourth-order valence-electron chi connectivity index (χ4n) is 5.91. The molecule has 2 nitrogen and oxygen atoms in total. The number of rotatable bonds is 11. The summed E-state index contributed by atoms with van der Waals surface area (Å²) in [6.07, 6.45) is 16.3. The van der Waals surface area contributed by atoms with Crippen LogP contribution in [0.15, 0.2) is 48.5 Å². The van der Waals surface area contributed by atoms with Gasteiger partial charge in [-0.2, -0.15) is 0 Å². The number of ether oxygens (including phenoxy) is 2. The molecule has 2 heteroatoms. The van der Waals surface area contributed by atoms with Crippen molar-refractivity contribution in [3.63, 3.8) is 0 Å². The van der Waals surface area contributed by atoms with Crippen molar-refractivity contribution in [3.8, 4) is 11.1 Å². The number of benzene rings is 2. The highest BCUT2D eigenvalue weighted by Gasteiger charge is 2.24. The Hall–Kier alpha value is -1.64. The van der Waals surface area contributed by atoms with Gasteiger partial charge in [-0.15, -0.1) is 0 Å². The van der Waals surface area contributed by atoms with E-state index in [0.717, 1.165) is 24.9 Å². The molecule has 2 aromatic rings. The van der Waals surface area contributed by atoms with Crippen molar-refractivity contribution in [2.24, 2.45) is 5.92 Å². The fraction of sp³-hybridized carbons (Fsp3) is 0.625. The zero-order chi connectivity index (χ0) is 23.6. The molecule has 0 N–H and O–H groups in total. The molecular formula is C32H46O2. The van der Waals surface area contributed by atoms with Crippen LogP contribution in [0.5, 0.6) is 0 Å². The van der Waals surface area contributed by atoms with Crippen molar-refractivity contribution in [3.05, 3.63) is 59.7 Å². The van der Waals surface area contributed by atoms with E-state index in [2.05, 4.69) is 62.4 Å². The van der Waals surface area contributed by atoms with E-state index in [1.807, 2.05) is 0 Å². The van der Waals surface area contributed by atoms with Gasteiger partial charge >= 0.3 is 0 Å². The van der Waals surface area contributed by atoms with E-state index in [1.165, 1.54) is 92.9 Å². The zero-order valence-corrected chi connectivity index (χ0v) is 21.6. The first-order valence-corrected chi connectivity index (χ1v) is 14.2.